The maximum Gasteiger partial charge on any atom is 0.245 e. The van der Waals surface area contributed by atoms with E-state index in [0.717, 1.165) is 13.0 Å². The Hall–Kier alpha value is -2.16. The molecule has 2 fully saturated rings. The summed E-state index contributed by atoms with van der Waals surface area (Å²) in [5.74, 6) is -0.652. The van der Waals surface area contributed by atoms with Crippen molar-refractivity contribution in [1.29, 1.82) is 0 Å². The highest BCUT2D eigenvalue weighted by atomic mass is 16.2. The maximum absolute atomic E-state index is 13.2. The van der Waals surface area contributed by atoms with Crippen LogP contribution in [0.5, 0.6) is 0 Å². The Morgan fingerprint density at radius 1 is 1.21 bits per heavy atom. The van der Waals surface area contributed by atoms with Crippen LogP contribution in [0.1, 0.15) is 46.0 Å². The second-order valence-electron chi connectivity index (χ2n) is 8.63. The zero-order chi connectivity index (χ0) is 21.6. The number of likely N-dealkylation sites (N-methyl/N-ethyl adjacent to an activating group) is 1. The highest BCUT2D eigenvalue weighted by Gasteiger charge is 2.38. The summed E-state index contributed by atoms with van der Waals surface area (Å²) in [7, 11) is 3.87. The third-order valence-corrected chi connectivity index (χ3v) is 5.33. The van der Waals surface area contributed by atoms with Crippen LogP contribution in [0.2, 0.25) is 0 Å². The average molecular weight is 410 g/mol. The van der Waals surface area contributed by atoms with Crippen LogP contribution in [0.25, 0.3) is 0 Å². The number of carbonyl (C=O) groups is 4. The van der Waals surface area contributed by atoms with Crippen molar-refractivity contribution in [3.63, 3.8) is 0 Å². The van der Waals surface area contributed by atoms with Gasteiger partial charge in [-0.3, -0.25) is 19.2 Å². The predicted octanol–water partition coefficient (Wildman–Crippen LogP) is -0.535. The number of carbonyl (C=O) groups excluding carboxylic acids is 4. The van der Waals surface area contributed by atoms with Gasteiger partial charge in [0, 0.05) is 26.1 Å². The molecule has 29 heavy (non-hydrogen) atoms. The highest BCUT2D eigenvalue weighted by Crippen LogP contribution is 2.21. The molecule has 0 aromatic heterocycles. The molecule has 0 bridgehead atoms. The molecule has 164 valence electrons. The summed E-state index contributed by atoms with van der Waals surface area (Å²) in [5, 5.41) is 8.36. The van der Waals surface area contributed by atoms with Crippen LogP contribution < -0.4 is 16.0 Å². The maximum atomic E-state index is 13.2. The molecule has 2 aliphatic heterocycles. The molecule has 0 radical (unpaired) electrons. The molecule has 2 aliphatic rings. The number of hydrogen-bond donors (Lipinski definition) is 3. The lowest BCUT2D eigenvalue weighted by atomic mass is 10.0. The largest absolute Gasteiger partial charge is 0.353 e. The predicted molar refractivity (Wildman–Crippen MR) is 109 cm³/mol. The van der Waals surface area contributed by atoms with Gasteiger partial charge in [0.2, 0.25) is 23.6 Å². The smallest absolute Gasteiger partial charge is 0.245 e. The minimum Gasteiger partial charge on any atom is -0.353 e. The summed E-state index contributed by atoms with van der Waals surface area (Å²) in [5.41, 5.74) is 0. The average Bonchev–Trinajstić information content (AvgIpc) is 3.28. The van der Waals surface area contributed by atoms with E-state index in [-0.39, 0.29) is 29.5 Å². The molecule has 2 rings (SSSR count). The van der Waals surface area contributed by atoms with Crippen molar-refractivity contribution in [1.82, 2.24) is 25.8 Å². The van der Waals surface area contributed by atoms with Crippen LogP contribution in [0.3, 0.4) is 0 Å². The SMILES string of the molecule is CC(C)C[C@H](NC(=O)[C@@H]1CCC(=O)N1)C(=O)N1CCC[C@H]1C(=O)NCCN(C)C. The second kappa shape index (κ2) is 10.6. The van der Waals surface area contributed by atoms with Crippen molar-refractivity contribution < 1.29 is 19.2 Å². The van der Waals surface area contributed by atoms with Crippen molar-refractivity contribution in [2.75, 3.05) is 33.7 Å². The van der Waals surface area contributed by atoms with E-state index in [4.69, 9.17) is 0 Å². The highest BCUT2D eigenvalue weighted by molar-refractivity contribution is 5.95. The molecule has 0 unspecified atom stereocenters. The van der Waals surface area contributed by atoms with Gasteiger partial charge in [0.1, 0.15) is 18.1 Å². The lowest BCUT2D eigenvalue weighted by Crippen LogP contribution is -2.56. The molecular formula is C20H35N5O4. The van der Waals surface area contributed by atoms with Gasteiger partial charge in [-0.15, -0.1) is 0 Å². The standard InChI is InChI=1S/C20H35N5O4/c1-13(2)12-15(23-18(27)14-7-8-17(26)22-14)20(29)25-10-5-6-16(25)19(28)21-9-11-24(3)4/h13-16H,5-12H2,1-4H3,(H,21,28)(H,22,26)(H,23,27)/t14-,15-,16-/m0/s1. The number of likely N-dealkylation sites (tertiary alicyclic amines) is 1. The molecule has 0 aromatic carbocycles. The third-order valence-electron chi connectivity index (χ3n) is 5.33. The van der Waals surface area contributed by atoms with Gasteiger partial charge >= 0.3 is 0 Å². The second-order valence-corrected chi connectivity index (χ2v) is 8.63. The van der Waals surface area contributed by atoms with E-state index in [2.05, 4.69) is 16.0 Å². The molecule has 9 nitrogen and oxygen atoms in total. The van der Waals surface area contributed by atoms with Crippen molar-refractivity contribution >= 4 is 23.6 Å². The molecule has 4 amide bonds. The summed E-state index contributed by atoms with van der Waals surface area (Å²) >= 11 is 0. The van der Waals surface area contributed by atoms with Crippen molar-refractivity contribution in [3.05, 3.63) is 0 Å². The molecule has 3 atom stereocenters. The first-order chi connectivity index (χ1) is 13.7. The lowest BCUT2D eigenvalue weighted by Gasteiger charge is -2.30. The van der Waals surface area contributed by atoms with Gasteiger partial charge in [-0.1, -0.05) is 13.8 Å². The summed E-state index contributed by atoms with van der Waals surface area (Å²) in [6.07, 6.45) is 2.63. The van der Waals surface area contributed by atoms with E-state index in [1.54, 1.807) is 4.90 Å². The van der Waals surface area contributed by atoms with Crippen LogP contribution in [-0.2, 0) is 19.2 Å². The number of hydrogen-bond acceptors (Lipinski definition) is 5. The van der Waals surface area contributed by atoms with E-state index < -0.39 is 18.1 Å². The van der Waals surface area contributed by atoms with Gasteiger partial charge in [-0.05, 0) is 45.7 Å². The Morgan fingerprint density at radius 2 is 1.93 bits per heavy atom. The molecule has 2 heterocycles. The number of nitrogens with one attached hydrogen (secondary N) is 3. The molecule has 2 saturated heterocycles. The first-order valence-corrected chi connectivity index (χ1v) is 10.5. The molecule has 3 N–H and O–H groups in total. The summed E-state index contributed by atoms with van der Waals surface area (Å²) in [6, 6.07) is -1.79. The molecule has 0 spiro atoms. The minimum absolute atomic E-state index is 0.143. The molecule has 9 heteroatoms. The Labute approximate surface area is 172 Å². The molecular weight excluding hydrogens is 374 g/mol. The lowest BCUT2D eigenvalue weighted by molar-refractivity contribution is -0.142. The van der Waals surface area contributed by atoms with E-state index in [9.17, 15) is 19.2 Å². The molecule has 0 aromatic rings. The van der Waals surface area contributed by atoms with Gasteiger partial charge < -0.3 is 25.8 Å². The number of amides is 4. The summed E-state index contributed by atoms with van der Waals surface area (Å²) in [4.78, 5) is 53.3. The zero-order valence-corrected chi connectivity index (χ0v) is 18.0. The molecule has 0 saturated carbocycles. The van der Waals surface area contributed by atoms with Crippen LogP contribution in [0.15, 0.2) is 0 Å². The fraction of sp³-hybridized carbons (Fsp3) is 0.800. The third kappa shape index (κ3) is 6.69. The van der Waals surface area contributed by atoms with E-state index in [1.165, 1.54) is 0 Å². The summed E-state index contributed by atoms with van der Waals surface area (Å²) < 4.78 is 0. The van der Waals surface area contributed by atoms with Crippen LogP contribution in [-0.4, -0.2) is 85.3 Å². The van der Waals surface area contributed by atoms with Crippen molar-refractivity contribution in [2.45, 2.75) is 64.1 Å². The topological polar surface area (TPSA) is 111 Å². The first kappa shape index (κ1) is 23.1. The van der Waals surface area contributed by atoms with Gasteiger partial charge in [-0.25, -0.2) is 0 Å². The Kier molecular flexibility index (Phi) is 8.43. The monoisotopic (exact) mass is 409 g/mol. The van der Waals surface area contributed by atoms with Crippen molar-refractivity contribution in [2.24, 2.45) is 5.92 Å². The van der Waals surface area contributed by atoms with Gasteiger partial charge in [0.25, 0.3) is 0 Å². The van der Waals surface area contributed by atoms with Crippen LogP contribution >= 0.6 is 0 Å². The quantitative estimate of drug-likeness (QED) is 0.474. The van der Waals surface area contributed by atoms with Gasteiger partial charge in [0.15, 0.2) is 0 Å². The molecule has 0 aliphatic carbocycles. The minimum atomic E-state index is -0.699. The Morgan fingerprint density at radius 3 is 2.52 bits per heavy atom. The van der Waals surface area contributed by atoms with E-state index in [1.807, 2.05) is 32.8 Å². The van der Waals surface area contributed by atoms with E-state index >= 15 is 0 Å². The van der Waals surface area contributed by atoms with Gasteiger partial charge in [0.05, 0.1) is 0 Å². The van der Waals surface area contributed by atoms with Crippen LogP contribution in [0.4, 0.5) is 0 Å². The normalized spacial score (nSPS) is 22.7. The number of nitrogens with zero attached hydrogens (tertiary/aromatic N) is 2. The zero-order valence-electron chi connectivity index (χ0n) is 18.0. The fourth-order valence-corrected chi connectivity index (χ4v) is 3.80. The summed E-state index contributed by atoms with van der Waals surface area (Å²) in [6.45, 7) is 5.73. The van der Waals surface area contributed by atoms with Crippen LogP contribution in [0, 0.1) is 5.92 Å². The first-order valence-electron chi connectivity index (χ1n) is 10.5. The fourth-order valence-electron chi connectivity index (χ4n) is 3.80. The van der Waals surface area contributed by atoms with Crippen molar-refractivity contribution in [3.8, 4) is 0 Å². The van der Waals surface area contributed by atoms with E-state index in [0.29, 0.717) is 38.8 Å². The van der Waals surface area contributed by atoms with Gasteiger partial charge in [-0.2, -0.15) is 0 Å². The number of rotatable bonds is 9. The Balaban J connectivity index is 2.01. The Bertz CT molecular complexity index is 622.